The lowest BCUT2D eigenvalue weighted by molar-refractivity contribution is 0.594. The number of rotatable bonds is 3. The lowest BCUT2D eigenvalue weighted by Gasteiger charge is -2.09. The van der Waals surface area contributed by atoms with Crippen LogP contribution >= 0.6 is 15.9 Å². The third kappa shape index (κ3) is 2.80. The van der Waals surface area contributed by atoms with Crippen LogP contribution in [0.1, 0.15) is 5.56 Å². The van der Waals surface area contributed by atoms with Crippen LogP contribution in [-0.4, -0.2) is 14.3 Å². The minimum atomic E-state index is -0.376. The van der Waals surface area contributed by atoms with Crippen molar-refractivity contribution >= 4 is 26.9 Å². The first-order valence-corrected chi connectivity index (χ1v) is 8.37. The molecule has 0 radical (unpaired) electrons. The van der Waals surface area contributed by atoms with Crippen molar-refractivity contribution in [3.8, 4) is 11.3 Å². The Hall–Kier alpha value is -2.67. The highest BCUT2D eigenvalue weighted by Crippen LogP contribution is 2.24. The maximum atomic E-state index is 14.5. The molecular weight excluding hydrogens is 389 g/mol. The molecule has 1 aromatic carbocycles. The molecule has 0 saturated carbocycles. The zero-order chi connectivity index (χ0) is 17.6. The molecule has 0 aliphatic heterocycles. The second-order valence-electron chi connectivity index (χ2n) is 5.75. The van der Waals surface area contributed by atoms with Crippen LogP contribution in [0.4, 0.5) is 4.39 Å². The van der Waals surface area contributed by atoms with Gasteiger partial charge >= 0.3 is 0 Å². The zero-order valence-electron chi connectivity index (χ0n) is 13.2. The largest absolute Gasteiger partial charge is 0.463 e. The van der Waals surface area contributed by atoms with E-state index in [4.69, 9.17) is 4.42 Å². The van der Waals surface area contributed by atoms with E-state index in [-0.39, 0.29) is 17.9 Å². The van der Waals surface area contributed by atoms with E-state index in [2.05, 4.69) is 21.0 Å². The molecule has 3 heterocycles. The number of pyridine rings is 1. The Kier molecular flexibility index (Phi) is 3.80. The summed E-state index contributed by atoms with van der Waals surface area (Å²) in [5.74, 6) is -0.376. The molecule has 0 fully saturated rings. The molecule has 0 unspecified atom stereocenters. The fourth-order valence-electron chi connectivity index (χ4n) is 2.78. The summed E-state index contributed by atoms with van der Waals surface area (Å²) >= 11 is 3.38. The van der Waals surface area contributed by atoms with Crippen molar-refractivity contribution < 1.29 is 8.81 Å². The van der Waals surface area contributed by atoms with E-state index < -0.39 is 0 Å². The molecule has 0 amide bonds. The van der Waals surface area contributed by atoms with Crippen LogP contribution in [0.2, 0.25) is 0 Å². The molecule has 0 bridgehead atoms. The molecule has 0 spiro atoms. The zero-order valence-corrected chi connectivity index (χ0v) is 14.8. The molecule has 4 rings (SSSR count). The van der Waals surface area contributed by atoms with Gasteiger partial charge in [-0.15, -0.1) is 0 Å². The van der Waals surface area contributed by atoms with Gasteiger partial charge in [0, 0.05) is 30.6 Å². The summed E-state index contributed by atoms with van der Waals surface area (Å²) in [6, 6.07) is 8.35. The fourth-order valence-corrected chi connectivity index (χ4v) is 3.33. The average molecular weight is 402 g/mol. The van der Waals surface area contributed by atoms with Gasteiger partial charge in [-0.05, 0) is 34.1 Å². The molecule has 4 aromatic rings. The standard InChI is InChI=1S/C18H13BrFN3O2/c1-22-6-4-16(21-22)11-2-3-12(15(20)8-11)9-23-10-14(19)17-13(18(23)24)5-7-25-17/h2-8,10H,9H2,1H3. The number of benzene rings is 1. The predicted octanol–water partition coefficient (Wildman–Crippen LogP) is 3.94. The van der Waals surface area contributed by atoms with Gasteiger partial charge in [0.2, 0.25) is 0 Å². The van der Waals surface area contributed by atoms with Crippen LogP contribution in [0.5, 0.6) is 0 Å². The van der Waals surface area contributed by atoms with Crippen LogP contribution in [0.25, 0.3) is 22.2 Å². The van der Waals surface area contributed by atoms with E-state index in [0.29, 0.717) is 32.3 Å². The molecule has 3 aromatic heterocycles. The number of hydrogen-bond donors (Lipinski definition) is 0. The summed E-state index contributed by atoms with van der Waals surface area (Å²) in [5.41, 5.74) is 2.09. The van der Waals surface area contributed by atoms with Crippen LogP contribution < -0.4 is 5.56 Å². The van der Waals surface area contributed by atoms with Gasteiger partial charge in [-0.2, -0.15) is 5.10 Å². The summed E-state index contributed by atoms with van der Waals surface area (Å²) in [6.45, 7) is 0.132. The van der Waals surface area contributed by atoms with Crippen molar-refractivity contribution in [2.75, 3.05) is 0 Å². The Balaban J connectivity index is 1.72. The summed E-state index contributed by atoms with van der Waals surface area (Å²) in [5, 5.41) is 4.73. The van der Waals surface area contributed by atoms with Crippen molar-refractivity contribution in [1.82, 2.24) is 14.3 Å². The number of aryl methyl sites for hydroxylation is 1. The van der Waals surface area contributed by atoms with E-state index in [1.54, 1.807) is 35.3 Å². The number of halogens is 2. The van der Waals surface area contributed by atoms with E-state index >= 15 is 0 Å². The highest BCUT2D eigenvalue weighted by atomic mass is 79.9. The minimum Gasteiger partial charge on any atom is -0.463 e. The Morgan fingerprint density at radius 1 is 1.28 bits per heavy atom. The van der Waals surface area contributed by atoms with E-state index in [0.717, 1.165) is 0 Å². The summed E-state index contributed by atoms with van der Waals surface area (Å²) in [6.07, 6.45) is 4.88. The normalized spacial score (nSPS) is 11.3. The van der Waals surface area contributed by atoms with Crippen LogP contribution in [0.3, 0.4) is 0 Å². The Morgan fingerprint density at radius 2 is 2.12 bits per heavy atom. The van der Waals surface area contributed by atoms with Gasteiger partial charge in [-0.1, -0.05) is 12.1 Å². The highest BCUT2D eigenvalue weighted by Gasteiger charge is 2.13. The van der Waals surface area contributed by atoms with E-state index in [9.17, 15) is 9.18 Å². The van der Waals surface area contributed by atoms with Gasteiger partial charge in [-0.3, -0.25) is 9.48 Å². The van der Waals surface area contributed by atoms with Gasteiger partial charge in [0.25, 0.3) is 5.56 Å². The van der Waals surface area contributed by atoms with Crippen molar-refractivity contribution in [3.05, 3.63) is 75.2 Å². The van der Waals surface area contributed by atoms with Gasteiger partial charge in [0.15, 0.2) is 5.58 Å². The molecule has 0 N–H and O–H groups in total. The van der Waals surface area contributed by atoms with Crippen LogP contribution in [0.15, 0.2) is 62.7 Å². The molecule has 25 heavy (non-hydrogen) atoms. The first-order valence-electron chi connectivity index (χ1n) is 7.57. The summed E-state index contributed by atoms with van der Waals surface area (Å²) < 4.78 is 23.6. The molecular formula is C18H13BrFN3O2. The molecule has 126 valence electrons. The number of aromatic nitrogens is 3. The minimum absolute atomic E-state index is 0.132. The SMILES string of the molecule is Cn1ccc(-c2ccc(Cn3cc(Br)c4occc4c3=O)c(F)c2)n1. The number of fused-ring (bicyclic) bond motifs is 1. The van der Waals surface area contributed by atoms with Crippen molar-refractivity contribution in [2.24, 2.45) is 7.05 Å². The van der Waals surface area contributed by atoms with Crippen molar-refractivity contribution in [3.63, 3.8) is 0 Å². The third-order valence-corrected chi connectivity index (χ3v) is 4.61. The van der Waals surface area contributed by atoms with Crippen LogP contribution in [0, 0.1) is 5.82 Å². The number of furan rings is 1. The van der Waals surface area contributed by atoms with Crippen molar-refractivity contribution in [2.45, 2.75) is 6.54 Å². The van der Waals surface area contributed by atoms with Gasteiger partial charge in [0.1, 0.15) is 5.82 Å². The number of nitrogens with zero attached hydrogens (tertiary/aromatic N) is 3. The van der Waals surface area contributed by atoms with Gasteiger partial charge < -0.3 is 8.98 Å². The third-order valence-electron chi connectivity index (χ3n) is 4.05. The second-order valence-corrected chi connectivity index (χ2v) is 6.61. The molecule has 7 heteroatoms. The average Bonchev–Trinajstić information content (AvgIpc) is 3.23. The van der Waals surface area contributed by atoms with Gasteiger partial charge in [-0.25, -0.2) is 4.39 Å². The maximum Gasteiger partial charge on any atom is 0.262 e. The summed E-state index contributed by atoms with van der Waals surface area (Å²) in [7, 11) is 1.81. The summed E-state index contributed by atoms with van der Waals surface area (Å²) in [4.78, 5) is 12.5. The Morgan fingerprint density at radius 3 is 2.84 bits per heavy atom. The van der Waals surface area contributed by atoms with Gasteiger partial charge in [0.05, 0.1) is 28.4 Å². The van der Waals surface area contributed by atoms with E-state index in [1.807, 2.05) is 13.1 Å². The quantitative estimate of drug-likeness (QED) is 0.522. The molecule has 0 saturated heterocycles. The Bertz CT molecular complexity index is 1140. The van der Waals surface area contributed by atoms with Crippen molar-refractivity contribution in [1.29, 1.82) is 0 Å². The number of hydrogen-bond acceptors (Lipinski definition) is 3. The Labute approximate surface area is 150 Å². The fraction of sp³-hybridized carbons (Fsp3) is 0.111. The molecule has 0 atom stereocenters. The molecule has 0 aliphatic rings. The van der Waals surface area contributed by atoms with Crippen LogP contribution in [-0.2, 0) is 13.6 Å². The highest BCUT2D eigenvalue weighted by molar-refractivity contribution is 9.10. The molecule has 0 aliphatic carbocycles. The molecule has 5 nitrogen and oxygen atoms in total. The second kappa shape index (κ2) is 6.00. The maximum absolute atomic E-state index is 14.5. The lowest BCUT2D eigenvalue weighted by Crippen LogP contribution is -2.20. The first-order chi connectivity index (χ1) is 12.0. The smallest absolute Gasteiger partial charge is 0.262 e. The van der Waals surface area contributed by atoms with E-state index in [1.165, 1.54) is 16.9 Å². The topological polar surface area (TPSA) is 53.0 Å². The lowest BCUT2D eigenvalue weighted by atomic mass is 10.1. The predicted molar refractivity (Wildman–Crippen MR) is 95.9 cm³/mol. The monoisotopic (exact) mass is 401 g/mol. The first kappa shape index (κ1) is 15.8.